The Morgan fingerprint density at radius 1 is 0.395 bits per heavy atom. The Bertz CT molecular complexity index is 2060. The molecule has 4 heteroatoms. The van der Waals surface area contributed by atoms with E-state index in [9.17, 15) is 0 Å². The molecule has 43 heavy (non-hydrogen) atoms. The van der Waals surface area contributed by atoms with Gasteiger partial charge in [-0.25, -0.2) is 0 Å². The van der Waals surface area contributed by atoms with Gasteiger partial charge in [-0.15, -0.1) is 59.7 Å². The van der Waals surface area contributed by atoms with Gasteiger partial charge in [0.1, 0.15) is 0 Å². The molecule has 3 heterocycles. The Hall–Kier alpha value is -5.02. The molecule has 5 aromatic carbocycles. The first kappa shape index (κ1) is 28.1. The van der Waals surface area contributed by atoms with Crippen molar-refractivity contribution in [2.24, 2.45) is 0 Å². The van der Waals surface area contributed by atoms with Crippen LogP contribution in [0.15, 0.2) is 152 Å². The molecule has 0 N–H and O–H groups in total. The van der Waals surface area contributed by atoms with Gasteiger partial charge in [-0.3, -0.25) is 4.98 Å². The van der Waals surface area contributed by atoms with Crippen LogP contribution in [0.3, 0.4) is 0 Å². The monoisotopic (exact) mass is 728 g/mol. The zero-order valence-corrected chi connectivity index (χ0v) is 25.5. The normalized spacial score (nSPS) is 10.6. The fourth-order valence-electron chi connectivity index (χ4n) is 5.34. The predicted octanol–water partition coefficient (Wildman–Crippen LogP) is 9.62. The summed E-state index contributed by atoms with van der Waals surface area (Å²) in [5, 5.41) is 7.49. The van der Waals surface area contributed by atoms with E-state index >= 15 is 0 Å². The van der Waals surface area contributed by atoms with Crippen LogP contribution in [0, 0.1) is 12.1 Å². The van der Waals surface area contributed by atoms with E-state index in [2.05, 4.69) is 93.8 Å². The third kappa shape index (κ3) is 5.85. The van der Waals surface area contributed by atoms with Gasteiger partial charge >= 0.3 is 0 Å². The molecular formula is C39H25IrN3-2. The van der Waals surface area contributed by atoms with Gasteiger partial charge in [0.05, 0.1) is 5.69 Å². The number of rotatable bonds is 3. The van der Waals surface area contributed by atoms with Crippen LogP contribution in [0.2, 0.25) is 0 Å². The number of hydrogen-bond acceptors (Lipinski definition) is 3. The van der Waals surface area contributed by atoms with Crippen molar-refractivity contribution in [3.63, 3.8) is 0 Å². The maximum absolute atomic E-state index is 4.63. The van der Waals surface area contributed by atoms with Crippen molar-refractivity contribution in [1.82, 2.24) is 15.0 Å². The largest absolute Gasteiger partial charge is 0.305 e. The number of hydrogen-bond donors (Lipinski definition) is 0. The van der Waals surface area contributed by atoms with Crippen molar-refractivity contribution in [3.8, 4) is 33.8 Å². The molecule has 207 valence electrons. The molecule has 0 bridgehead atoms. The van der Waals surface area contributed by atoms with Crippen LogP contribution in [0.4, 0.5) is 0 Å². The Labute approximate surface area is 264 Å². The maximum Gasteiger partial charge on any atom is 0.0695 e. The number of benzene rings is 5. The second kappa shape index (κ2) is 12.9. The Balaban J connectivity index is 0.000000213. The number of aromatic nitrogens is 3. The zero-order valence-electron chi connectivity index (χ0n) is 23.1. The van der Waals surface area contributed by atoms with E-state index in [4.69, 9.17) is 0 Å². The quantitative estimate of drug-likeness (QED) is 0.135. The fourth-order valence-corrected chi connectivity index (χ4v) is 5.34. The molecule has 0 atom stereocenters. The fraction of sp³-hybridized carbons (Fsp3) is 0. The van der Waals surface area contributed by atoms with Crippen molar-refractivity contribution in [2.45, 2.75) is 0 Å². The third-order valence-corrected chi connectivity index (χ3v) is 7.32. The average molecular weight is 728 g/mol. The molecule has 0 spiro atoms. The minimum absolute atomic E-state index is 0. The van der Waals surface area contributed by atoms with Crippen LogP contribution in [0.1, 0.15) is 0 Å². The summed E-state index contributed by atoms with van der Waals surface area (Å²) in [6.07, 6.45) is 5.45. The summed E-state index contributed by atoms with van der Waals surface area (Å²) in [7, 11) is 0. The standard InChI is InChI=1S/C28H17N2.C11H8N.Ir/c1-2-9-23-21(7-1)22-8-3-4-10-24(22)26-17-19(12-13-25(23)26)28-18-20(14-16-30-28)27-11-5-6-15-29-27;1-2-6-10(7-3-1)11-8-4-5-9-12-11;/h1-11,13-18H;1-6,8-9H;/q2*-1;. The van der Waals surface area contributed by atoms with E-state index in [1.54, 1.807) is 6.20 Å². The molecule has 3 nitrogen and oxygen atoms in total. The molecule has 0 saturated heterocycles. The van der Waals surface area contributed by atoms with Crippen LogP contribution >= 0.6 is 0 Å². The summed E-state index contributed by atoms with van der Waals surface area (Å²) in [4.78, 5) is 13.3. The van der Waals surface area contributed by atoms with Crippen LogP contribution < -0.4 is 0 Å². The van der Waals surface area contributed by atoms with Crippen molar-refractivity contribution in [2.75, 3.05) is 0 Å². The van der Waals surface area contributed by atoms with Crippen molar-refractivity contribution in [3.05, 3.63) is 164 Å². The zero-order chi connectivity index (χ0) is 28.1. The average Bonchev–Trinajstić information content (AvgIpc) is 3.10. The van der Waals surface area contributed by atoms with Gasteiger partial charge in [-0.2, -0.15) is 0 Å². The van der Waals surface area contributed by atoms with Crippen LogP contribution in [0.25, 0.3) is 66.1 Å². The maximum atomic E-state index is 4.63. The number of pyridine rings is 3. The summed E-state index contributed by atoms with van der Waals surface area (Å²) < 4.78 is 0. The molecule has 3 aromatic heterocycles. The first-order valence-electron chi connectivity index (χ1n) is 13.9. The molecule has 0 aliphatic rings. The molecule has 1 radical (unpaired) electrons. The molecular weight excluding hydrogens is 703 g/mol. The van der Waals surface area contributed by atoms with Crippen molar-refractivity contribution >= 4 is 32.3 Å². The second-order valence-corrected chi connectivity index (χ2v) is 9.90. The first-order valence-corrected chi connectivity index (χ1v) is 13.9. The van der Waals surface area contributed by atoms with Gasteiger partial charge in [0, 0.05) is 38.7 Å². The molecule has 0 unspecified atom stereocenters. The van der Waals surface area contributed by atoms with Crippen molar-refractivity contribution in [1.29, 1.82) is 0 Å². The first-order chi connectivity index (χ1) is 20.8. The van der Waals surface area contributed by atoms with Gasteiger partial charge in [0.15, 0.2) is 0 Å². The summed E-state index contributed by atoms with van der Waals surface area (Å²) in [5.41, 5.74) is 5.89. The van der Waals surface area contributed by atoms with Gasteiger partial charge < -0.3 is 9.97 Å². The molecule has 0 aliphatic heterocycles. The molecule has 0 amide bonds. The minimum Gasteiger partial charge on any atom is -0.305 e. The molecule has 0 saturated carbocycles. The Kier molecular flexibility index (Phi) is 8.42. The molecule has 8 aromatic rings. The van der Waals surface area contributed by atoms with Gasteiger partial charge in [0.25, 0.3) is 0 Å². The second-order valence-electron chi connectivity index (χ2n) is 9.90. The molecule has 8 rings (SSSR count). The molecule has 0 aliphatic carbocycles. The van der Waals surface area contributed by atoms with E-state index in [0.717, 1.165) is 33.8 Å². The SMILES string of the molecule is [Ir].[c-]1cc2c3ccccc3c3ccccc3c2cc1-c1cc(-c2ccccn2)ccn1.[c-]1ccccc1-c1ccccn1. The van der Waals surface area contributed by atoms with E-state index in [1.807, 2.05) is 79.1 Å². The van der Waals surface area contributed by atoms with Crippen LogP contribution in [-0.4, -0.2) is 15.0 Å². The van der Waals surface area contributed by atoms with Crippen LogP contribution in [-0.2, 0) is 20.1 Å². The van der Waals surface area contributed by atoms with E-state index in [-0.39, 0.29) is 20.1 Å². The minimum atomic E-state index is 0. The van der Waals surface area contributed by atoms with E-state index in [1.165, 1.54) is 32.3 Å². The summed E-state index contributed by atoms with van der Waals surface area (Å²) >= 11 is 0. The smallest absolute Gasteiger partial charge is 0.0695 e. The summed E-state index contributed by atoms with van der Waals surface area (Å²) in [5.74, 6) is 0. The Morgan fingerprint density at radius 3 is 1.60 bits per heavy atom. The van der Waals surface area contributed by atoms with E-state index in [0.29, 0.717) is 0 Å². The summed E-state index contributed by atoms with van der Waals surface area (Å²) in [6.45, 7) is 0. The predicted molar refractivity (Wildman–Crippen MR) is 173 cm³/mol. The van der Waals surface area contributed by atoms with Gasteiger partial charge in [-0.1, -0.05) is 89.0 Å². The van der Waals surface area contributed by atoms with Gasteiger partial charge in [-0.05, 0) is 57.4 Å². The third-order valence-electron chi connectivity index (χ3n) is 7.32. The van der Waals surface area contributed by atoms with Gasteiger partial charge in [0.2, 0.25) is 0 Å². The number of nitrogens with zero attached hydrogens (tertiary/aromatic N) is 3. The van der Waals surface area contributed by atoms with Crippen molar-refractivity contribution < 1.29 is 20.1 Å². The van der Waals surface area contributed by atoms with Crippen LogP contribution in [0.5, 0.6) is 0 Å². The molecule has 0 fully saturated rings. The number of fused-ring (bicyclic) bond motifs is 6. The Morgan fingerprint density at radius 2 is 0.977 bits per heavy atom. The van der Waals surface area contributed by atoms with E-state index < -0.39 is 0 Å². The summed E-state index contributed by atoms with van der Waals surface area (Å²) in [6, 6.07) is 51.9. The topological polar surface area (TPSA) is 38.7 Å².